The van der Waals surface area contributed by atoms with E-state index in [1.54, 1.807) is 17.8 Å². The van der Waals surface area contributed by atoms with E-state index >= 15 is 0 Å². The fraction of sp³-hybridized carbons (Fsp3) is 0.444. The van der Waals surface area contributed by atoms with Gasteiger partial charge < -0.3 is 5.32 Å². The summed E-state index contributed by atoms with van der Waals surface area (Å²) in [5.41, 5.74) is 0. The molecular formula is C9H13N3OS3. The topological polar surface area (TPSA) is 54.9 Å². The second-order valence-corrected chi connectivity index (χ2v) is 6.45. The number of aromatic nitrogens is 2. The van der Waals surface area contributed by atoms with Crippen molar-refractivity contribution in [2.45, 2.75) is 20.9 Å². The van der Waals surface area contributed by atoms with E-state index in [2.05, 4.69) is 22.1 Å². The van der Waals surface area contributed by atoms with Gasteiger partial charge in [0.05, 0.1) is 5.25 Å². The van der Waals surface area contributed by atoms with Crippen molar-refractivity contribution in [1.82, 2.24) is 15.5 Å². The molecule has 0 aliphatic rings. The fourth-order valence-corrected chi connectivity index (χ4v) is 3.46. The van der Waals surface area contributed by atoms with Crippen molar-refractivity contribution in [3.05, 3.63) is 12.7 Å². The highest BCUT2D eigenvalue weighted by Gasteiger charge is 2.16. The summed E-state index contributed by atoms with van der Waals surface area (Å²) in [6, 6.07) is 0. The predicted octanol–water partition coefficient (Wildman–Crippen LogP) is 2.04. The maximum atomic E-state index is 11.6. The molecule has 1 aromatic heterocycles. The van der Waals surface area contributed by atoms with E-state index in [4.69, 9.17) is 0 Å². The predicted molar refractivity (Wildman–Crippen MR) is 70.2 cm³/mol. The van der Waals surface area contributed by atoms with E-state index in [1.165, 1.54) is 23.1 Å². The standard InChI is InChI=1S/C9H13N3OS3/c1-4-5-10-7(13)6(2)15-9-12-11-8(14-3)16-9/h4,6H,1,5H2,2-3H3,(H,10,13)/t6-/m1/s1. The van der Waals surface area contributed by atoms with Crippen LogP contribution in [0.25, 0.3) is 0 Å². The fourth-order valence-electron chi connectivity index (χ4n) is 0.849. The van der Waals surface area contributed by atoms with Gasteiger partial charge in [-0.1, -0.05) is 40.9 Å². The first-order valence-corrected chi connectivity index (χ1v) is 7.52. The molecule has 88 valence electrons. The Balaban J connectivity index is 2.46. The summed E-state index contributed by atoms with van der Waals surface area (Å²) in [5.74, 6) is -0.00852. The first-order valence-electron chi connectivity index (χ1n) is 4.60. The van der Waals surface area contributed by atoms with Crippen molar-refractivity contribution in [3.8, 4) is 0 Å². The van der Waals surface area contributed by atoms with E-state index in [1.807, 2.05) is 13.2 Å². The lowest BCUT2D eigenvalue weighted by Gasteiger charge is -2.07. The molecule has 0 fully saturated rings. The number of nitrogens with one attached hydrogen (secondary N) is 1. The number of hydrogen-bond donors (Lipinski definition) is 1. The van der Waals surface area contributed by atoms with E-state index in [0.717, 1.165) is 8.68 Å². The second kappa shape index (κ2) is 6.93. The zero-order valence-corrected chi connectivity index (χ0v) is 11.5. The first-order chi connectivity index (χ1) is 7.67. The lowest BCUT2D eigenvalue weighted by molar-refractivity contribution is -0.120. The molecule has 0 radical (unpaired) electrons. The Labute approximate surface area is 107 Å². The lowest BCUT2D eigenvalue weighted by atomic mass is 10.4. The number of carbonyl (C=O) groups excluding carboxylic acids is 1. The molecule has 0 unspecified atom stereocenters. The first kappa shape index (κ1) is 13.5. The Morgan fingerprint density at radius 2 is 2.31 bits per heavy atom. The van der Waals surface area contributed by atoms with E-state index in [9.17, 15) is 4.79 Å². The van der Waals surface area contributed by atoms with Crippen molar-refractivity contribution < 1.29 is 4.79 Å². The van der Waals surface area contributed by atoms with Crippen LogP contribution in [0.2, 0.25) is 0 Å². The van der Waals surface area contributed by atoms with Crippen LogP contribution in [-0.4, -0.2) is 34.2 Å². The van der Waals surface area contributed by atoms with Crippen LogP contribution in [0.4, 0.5) is 0 Å². The molecule has 1 N–H and O–H groups in total. The Morgan fingerprint density at radius 1 is 1.62 bits per heavy atom. The molecule has 1 amide bonds. The molecule has 0 aromatic carbocycles. The molecular weight excluding hydrogens is 262 g/mol. The lowest BCUT2D eigenvalue weighted by Crippen LogP contribution is -2.30. The number of nitrogens with zero attached hydrogens (tertiary/aromatic N) is 2. The van der Waals surface area contributed by atoms with Crippen molar-refractivity contribution in [2.24, 2.45) is 0 Å². The molecule has 0 bridgehead atoms. The van der Waals surface area contributed by atoms with Crippen LogP contribution in [0.3, 0.4) is 0 Å². The van der Waals surface area contributed by atoms with Crippen LogP contribution >= 0.6 is 34.9 Å². The van der Waals surface area contributed by atoms with Crippen molar-refractivity contribution in [1.29, 1.82) is 0 Å². The highest BCUT2D eigenvalue weighted by Crippen LogP contribution is 2.29. The Bertz CT molecular complexity index is 367. The average Bonchev–Trinajstić information content (AvgIpc) is 2.73. The normalized spacial score (nSPS) is 12.1. The maximum Gasteiger partial charge on any atom is 0.233 e. The van der Waals surface area contributed by atoms with Crippen LogP contribution in [0.1, 0.15) is 6.92 Å². The third kappa shape index (κ3) is 4.15. The molecule has 7 heteroatoms. The summed E-state index contributed by atoms with van der Waals surface area (Å²) in [6.45, 7) is 5.89. The quantitative estimate of drug-likeness (QED) is 0.636. The third-order valence-corrected chi connectivity index (χ3v) is 4.71. The van der Waals surface area contributed by atoms with Crippen LogP contribution in [0.15, 0.2) is 21.3 Å². The number of hydrogen-bond acceptors (Lipinski definition) is 6. The van der Waals surface area contributed by atoms with E-state index in [0.29, 0.717) is 6.54 Å². The molecule has 4 nitrogen and oxygen atoms in total. The molecule has 0 saturated carbocycles. The summed E-state index contributed by atoms with van der Waals surface area (Å²) in [5, 5.41) is 10.6. The largest absolute Gasteiger partial charge is 0.352 e. The van der Waals surface area contributed by atoms with Gasteiger partial charge in [0.15, 0.2) is 8.68 Å². The Kier molecular flexibility index (Phi) is 5.86. The number of thioether (sulfide) groups is 2. The van der Waals surface area contributed by atoms with Gasteiger partial charge in [0.25, 0.3) is 0 Å². The van der Waals surface area contributed by atoms with Gasteiger partial charge in [-0.2, -0.15) is 0 Å². The Hall–Kier alpha value is -0.530. The van der Waals surface area contributed by atoms with E-state index < -0.39 is 0 Å². The SMILES string of the molecule is C=CCNC(=O)[C@@H](C)Sc1nnc(SC)s1. The van der Waals surface area contributed by atoms with Crippen LogP contribution in [0.5, 0.6) is 0 Å². The van der Waals surface area contributed by atoms with Crippen molar-refractivity contribution in [2.75, 3.05) is 12.8 Å². The molecule has 0 aliphatic carbocycles. The van der Waals surface area contributed by atoms with Gasteiger partial charge in [0.1, 0.15) is 0 Å². The number of amides is 1. The van der Waals surface area contributed by atoms with Crippen LogP contribution < -0.4 is 5.32 Å². The van der Waals surface area contributed by atoms with Gasteiger partial charge >= 0.3 is 0 Å². The number of rotatable bonds is 6. The zero-order valence-electron chi connectivity index (χ0n) is 9.10. The van der Waals surface area contributed by atoms with Gasteiger partial charge in [-0.3, -0.25) is 4.79 Å². The van der Waals surface area contributed by atoms with Gasteiger partial charge in [0.2, 0.25) is 5.91 Å². The molecule has 0 saturated heterocycles. The van der Waals surface area contributed by atoms with Gasteiger partial charge in [-0.15, -0.1) is 16.8 Å². The van der Waals surface area contributed by atoms with Gasteiger partial charge in [-0.25, -0.2) is 0 Å². The molecule has 0 aliphatic heterocycles. The summed E-state index contributed by atoms with van der Waals surface area (Å²) in [4.78, 5) is 11.6. The smallest absolute Gasteiger partial charge is 0.233 e. The molecule has 1 atom stereocenters. The third-order valence-electron chi connectivity index (χ3n) is 1.63. The minimum absolute atomic E-state index is 0.00852. The molecule has 1 rings (SSSR count). The molecule has 0 spiro atoms. The number of carbonyl (C=O) groups is 1. The molecule has 1 aromatic rings. The van der Waals surface area contributed by atoms with Crippen LogP contribution in [0, 0.1) is 0 Å². The summed E-state index contributed by atoms with van der Waals surface area (Å²) in [7, 11) is 0. The zero-order chi connectivity index (χ0) is 12.0. The summed E-state index contributed by atoms with van der Waals surface area (Å²) in [6.07, 6.45) is 3.61. The Morgan fingerprint density at radius 3 is 2.88 bits per heavy atom. The highest BCUT2D eigenvalue weighted by molar-refractivity contribution is 8.03. The maximum absolute atomic E-state index is 11.6. The average molecular weight is 275 g/mol. The van der Waals surface area contributed by atoms with Gasteiger partial charge in [0, 0.05) is 6.54 Å². The second-order valence-electron chi connectivity index (χ2n) is 2.83. The van der Waals surface area contributed by atoms with Gasteiger partial charge in [-0.05, 0) is 13.2 Å². The van der Waals surface area contributed by atoms with Crippen molar-refractivity contribution in [3.63, 3.8) is 0 Å². The van der Waals surface area contributed by atoms with Crippen LogP contribution in [-0.2, 0) is 4.79 Å². The van der Waals surface area contributed by atoms with Crippen molar-refractivity contribution >= 4 is 40.8 Å². The summed E-state index contributed by atoms with van der Waals surface area (Å²) < 4.78 is 1.74. The highest BCUT2D eigenvalue weighted by atomic mass is 32.2. The summed E-state index contributed by atoms with van der Waals surface area (Å²) >= 11 is 4.49. The monoisotopic (exact) mass is 275 g/mol. The minimum Gasteiger partial charge on any atom is -0.352 e. The molecule has 1 heterocycles. The minimum atomic E-state index is -0.164. The van der Waals surface area contributed by atoms with E-state index in [-0.39, 0.29) is 11.2 Å². The molecule has 16 heavy (non-hydrogen) atoms.